The van der Waals surface area contributed by atoms with Crippen LogP contribution in [0.1, 0.15) is 11.3 Å². The smallest absolute Gasteiger partial charge is 0.225 e. The molecule has 0 aliphatic carbocycles. The quantitative estimate of drug-likeness (QED) is 0.912. The zero-order valence-corrected chi connectivity index (χ0v) is 12.2. The summed E-state index contributed by atoms with van der Waals surface area (Å²) in [5, 5.41) is 12.2. The van der Waals surface area contributed by atoms with Crippen molar-refractivity contribution in [3.8, 4) is 0 Å². The molecule has 1 saturated heterocycles. The average Bonchev–Trinajstić information content (AvgIpc) is 3.01. The summed E-state index contributed by atoms with van der Waals surface area (Å²) in [5.41, 5.74) is 1.63. The number of aryl methyl sites for hydroxylation is 1. The Morgan fingerprint density at radius 1 is 1.20 bits per heavy atom. The number of aliphatic hydroxyl groups is 1. The SMILES string of the molecule is Cc1nc(N2CCN(c3nccs3)CC2)ncc1CO. The molecule has 0 aromatic carbocycles. The molecule has 2 aromatic rings. The maximum atomic E-state index is 9.15. The second-order valence-electron chi connectivity index (χ2n) is 4.73. The van der Waals surface area contributed by atoms with E-state index in [1.54, 1.807) is 17.5 Å². The molecule has 1 aliphatic rings. The Morgan fingerprint density at radius 2 is 1.95 bits per heavy atom. The molecule has 0 unspecified atom stereocenters. The molecular formula is C13H17N5OS. The highest BCUT2D eigenvalue weighted by atomic mass is 32.1. The molecule has 0 atom stereocenters. The van der Waals surface area contributed by atoms with Gasteiger partial charge in [0, 0.05) is 55.2 Å². The molecule has 0 amide bonds. The minimum atomic E-state index is -0.00998. The van der Waals surface area contributed by atoms with Gasteiger partial charge in [-0.2, -0.15) is 0 Å². The van der Waals surface area contributed by atoms with E-state index in [1.165, 1.54) is 0 Å². The number of hydrogen-bond acceptors (Lipinski definition) is 7. The van der Waals surface area contributed by atoms with Gasteiger partial charge in [0.1, 0.15) is 0 Å². The monoisotopic (exact) mass is 291 g/mol. The summed E-state index contributed by atoms with van der Waals surface area (Å²) in [4.78, 5) is 17.6. The van der Waals surface area contributed by atoms with Crippen molar-refractivity contribution in [3.63, 3.8) is 0 Å². The fourth-order valence-corrected chi connectivity index (χ4v) is 2.95. The standard InChI is InChI=1S/C13H17N5OS/c1-10-11(9-19)8-15-12(16-10)17-3-5-18(6-4-17)13-14-2-7-20-13/h2,7-8,19H,3-6,9H2,1H3. The number of aromatic nitrogens is 3. The third-order valence-electron chi connectivity index (χ3n) is 3.49. The van der Waals surface area contributed by atoms with Gasteiger partial charge in [-0.25, -0.2) is 15.0 Å². The molecule has 20 heavy (non-hydrogen) atoms. The zero-order valence-electron chi connectivity index (χ0n) is 11.4. The predicted molar refractivity (Wildman–Crippen MR) is 79.2 cm³/mol. The largest absolute Gasteiger partial charge is 0.392 e. The second-order valence-corrected chi connectivity index (χ2v) is 5.60. The van der Waals surface area contributed by atoms with E-state index >= 15 is 0 Å². The predicted octanol–water partition coefficient (Wildman–Crippen LogP) is 1.06. The molecular weight excluding hydrogens is 274 g/mol. The summed E-state index contributed by atoms with van der Waals surface area (Å²) >= 11 is 1.67. The summed E-state index contributed by atoms with van der Waals surface area (Å²) in [7, 11) is 0. The van der Waals surface area contributed by atoms with Crippen LogP contribution in [-0.4, -0.2) is 46.2 Å². The van der Waals surface area contributed by atoms with Gasteiger partial charge in [0.15, 0.2) is 5.13 Å². The lowest BCUT2D eigenvalue weighted by molar-refractivity contribution is 0.280. The fourth-order valence-electron chi connectivity index (χ4n) is 2.26. The van der Waals surface area contributed by atoms with Crippen molar-refractivity contribution in [3.05, 3.63) is 29.0 Å². The summed E-state index contributed by atoms with van der Waals surface area (Å²) in [6, 6.07) is 0. The molecule has 106 valence electrons. The maximum absolute atomic E-state index is 9.15. The molecule has 0 bridgehead atoms. The molecule has 1 N–H and O–H groups in total. The van der Waals surface area contributed by atoms with Gasteiger partial charge < -0.3 is 14.9 Å². The molecule has 3 heterocycles. The van der Waals surface area contributed by atoms with Crippen molar-refractivity contribution in [2.45, 2.75) is 13.5 Å². The van der Waals surface area contributed by atoms with Crippen LogP contribution < -0.4 is 9.80 Å². The molecule has 7 heteroatoms. The Labute approximate surface area is 121 Å². The van der Waals surface area contributed by atoms with E-state index < -0.39 is 0 Å². The minimum absolute atomic E-state index is 0.00998. The van der Waals surface area contributed by atoms with Gasteiger partial charge in [0.25, 0.3) is 0 Å². The Bertz CT molecular complexity index is 566. The lowest BCUT2D eigenvalue weighted by Crippen LogP contribution is -2.47. The number of hydrogen-bond donors (Lipinski definition) is 1. The highest BCUT2D eigenvalue weighted by Crippen LogP contribution is 2.20. The van der Waals surface area contributed by atoms with E-state index in [-0.39, 0.29) is 6.61 Å². The zero-order chi connectivity index (χ0) is 13.9. The third kappa shape index (κ3) is 2.59. The molecule has 0 radical (unpaired) electrons. The topological polar surface area (TPSA) is 65.4 Å². The number of anilines is 2. The lowest BCUT2D eigenvalue weighted by atomic mass is 10.2. The van der Waals surface area contributed by atoms with Gasteiger partial charge in [0.05, 0.1) is 6.61 Å². The molecule has 3 rings (SSSR count). The van der Waals surface area contributed by atoms with Crippen LogP contribution in [0, 0.1) is 6.92 Å². The Kier molecular flexibility index (Phi) is 3.79. The van der Waals surface area contributed by atoms with Gasteiger partial charge >= 0.3 is 0 Å². The van der Waals surface area contributed by atoms with E-state index in [9.17, 15) is 0 Å². The Balaban J connectivity index is 1.67. The van der Waals surface area contributed by atoms with Crippen LogP contribution >= 0.6 is 11.3 Å². The average molecular weight is 291 g/mol. The lowest BCUT2D eigenvalue weighted by Gasteiger charge is -2.34. The minimum Gasteiger partial charge on any atom is -0.392 e. The first kappa shape index (κ1) is 13.3. The second kappa shape index (κ2) is 5.72. The molecule has 0 saturated carbocycles. The van der Waals surface area contributed by atoms with E-state index in [0.717, 1.165) is 48.5 Å². The maximum Gasteiger partial charge on any atom is 0.225 e. The van der Waals surface area contributed by atoms with Gasteiger partial charge in [-0.15, -0.1) is 11.3 Å². The normalized spacial score (nSPS) is 15.7. The van der Waals surface area contributed by atoms with Crippen LogP contribution in [0.3, 0.4) is 0 Å². The fraction of sp³-hybridized carbons (Fsp3) is 0.462. The number of nitrogens with zero attached hydrogens (tertiary/aromatic N) is 5. The molecule has 0 spiro atoms. The summed E-state index contributed by atoms with van der Waals surface area (Å²) < 4.78 is 0. The van der Waals surface area contributed by atoms with Crippen molar-refractivity contribution < 1.29 is 5.11 Å². The van der Waals surface area contributed by atoms with E-state index in [0.29, 0.717) is 0 Å². The third-order valence-corrected chi connectivity index (χ3v) is 4.32. The number of thiazole rings is 1. The van der Waals surface area contributed by atoms with Crippen molar-refractivity contribution in [1.29, 1.82) is 0 Å². The number of aliphatic hydroxyl groups excluding tert-OH is 1. The first-order valence-corrected chi connectivity index (χ1v) is 7.48. The van der Waals surface area contributed by atoms with Gasteiger partial charge in [-0.3, -0.25) is 0 Å². The first-order valence-electron chi connectivity index (χ1n) is 6.60. The van der Waals surface area contributed by atoms with Crippen molar-refractivity contribution in [2.24, 2.45) is 0 Å². The van der Waals surface area contributed by atoms with Crippen LogP contribution in [0.2, 0.25) is 0 Å². The van der Waals surface area contributed by atoms with Crippen LogP contribution in [0.15, 0.2) is 17.8 Å². The number of piperazine rings is 1. The van der Waals surface area contributed by atoms with Gasteiger partial charge in [0.2, 0.25) is 5.95 Å². The molecule has 2 aromatic heterocycles. The molecule has 6 nitrogen and oxygen atoms in total. The van der Waals surface area contributed by atoms with Crippen LogP contribution in [0.5, 0.6) is 0 Å². The van der Waals surface area contributed by atoms with Gasteiger partial charge in [-0.1, -0.05) is 0 Å². The summed E-state index contributed by atoms with van der Waals surface area (Å²) in [5.74, 6) is 0.749. The van der Waals surface area contributed by atoms with Crippen LogP contribution in [-0.2, 0) is 6.61 Å². The summed E-state index contributed by atoms with van der Waals surface area (Å²) in [6.45, 7) is 5.52. The van der Waals surface area contributed by atoms with Crippen molar-refractivity contribution in [2.75, 3.05) is 36.0 Å². The van der Waals surface area contributed by atoms with Crippen molar-refractivity contribution >= 4 is 22.4 Å². The Morgan fingerprint density at radius 3 is 2.55 bits per heavy atom. The van der Waals surface area contributed by atoms with E-state index in [4.69, 9.17) is 5.11 Å². The highest BCUT2D eigenvalue weighted by Gasteiger charge is 2.20. The molecule has 1 fully saturated rings. The van der Waals surface area contributed by atoms with Crippen LogP contribution in [0.25, 0.3) is 0 Å². The number of rotatable bonds is 3. The van der Waals surface area contributed by atoms with Gasteiger partial charge in [-0.05, 0) is 6.92 Å². The molecule has 1 aliphatic heterocycles. The van der Waals surface area contributed by atoms with Crippen LogP contribution in [0.4, 0.5) is 11.1 Å². The van der Waals surface area contributed by atoms with E-state index in [1.807, 2.05) is 18.5 Å². The van der Waals surface area contributed by atoms with Crippen molar-refractivity contribution in [1.82, 2.24) is 15.0 Å². The summed E-state index contributed by atoms with van der Waals surface area (Å²) in [6.07, 6.45) is 3.55. The highest BCUT2D eigenvalue weighted by molar-refractivity contribution is 7.13. The first-order chi connectivity index (χ1) is 9.78. The van der Waals surface area contributed by atoms with E-state index in [2.05, 4.69) is 24.8 Å². The Hall–Kier alpha value is -1.73.